The van der Waals surface area contributed by atoms with Crippen molar-refractivity contribution >= 4 is 23.2 Å². The second-order valence-corrected chi connectivity index (χ2v) is 8.03. The zero-order valence-electron chi connectivity index (χ0n) is 15.8. The number of carbonyl (C=O) groups excluding carboxylic acids is 2. The van der Waals surface area contributed by atoms with Crippen LogP contribution in [-0.4, -0.2) is 43.5 Å². The predicted molar refractivity (Wildman–Crippen MR) is 104 cm³/mol. The molecule has 6 nitrogen and oxygen atoms in total. The molecule has 1 aromatic carbocycles. The van der Waals surface area contributed by atoms with E-state index < -0.39 is 5.41 Å². The first-order valence-electron chi connectivity index (χ1n) is 8.82. The molecule has 0 radical (unpaired) electrons. The Balaban J connectivity index is 1.63. The Bertz CT molecular complexity index is 817. The highest BCUT2D eigenvalue weighted by Gasteiger charge is 2.34. The van der Waals surface area contributed by atoms with Crippen molar-refractivity contribution in [3.8, 4) is 11.5 Å². The highest BCUT2D eigenvalue weighted by Crippen LogP contribution is 2.35. The van der Waals surface area contributed by atoms with Gasteiger partial charge in [0.1, 0.15) is 13.2 Å². The van der Waals surface area contributed by atoms with Crippen molar-refractivity contribution in [2.24, 2.45) is 0 Å². The van der Waals surface area contributed by atoms with Crippen LogP contribution in [0.1, 0.15) is 24.3 Å². The third kappa shape index (κ3) is 4.42. The zero-order chi connectivity index (χ0) is 19.4. The number of thiophene rings is 1. The molecule has 27 heavy (non-hydrogen) atoms. The normalized spacial score (nSPS) is 13.1. The van der Waals surface area contributed by atoms with E-state index in [1.165, 1.54) is 4.90 Å². The van der Waals surface area contributed by atoms with Gasteiger partial charge < -0.3 is 19.7 Å². The Labute approximate surface area is 163 Å². The Hall–Kier alpha value is -2.54. The molecule has 0 spiro atoms. The van der Waals surface area contributed by atoms with Crippen LogP contribution in [0.3, 0.4) is 0 Å². The Morgan fingerprint density at radius 3 is 2.63 bits per heavy atom. The van der Waals surface area contributed by atoms with Crippen molar-refractivity contribution in [2.75, 3.05) is 26.8 Å². The minimum absolute atomic E-state index is 0.0121. The monoisotopic (exact) mass is 388 g/mol. The van der Waals surface area contributed by atoms with Crippen LogP contribution in [0.15, 0.2) is 35.7 Å². The van der Waals surface area contributed by atoms with E-state index in [1.54, 1.807) is 18.4 Å². The van der Waals surface area contributed by atoms with Crippen LogP contribution in [0.25, 0.3) is 0 Å². The number of likely N-dealkylation sites (N-methyl/N-ethyl adjacent to an activating group) is 1. The van der Waals surface area contributed by atoms with Crippen LogP contribution in [0.2, 0.25) is 0 Å². The maximum Gasteiger partial charge on any atom is 0.239 e. The molecule has 2 heterocycles. The summed E-state index contributed by atoms with van der Waals surface area (Å²) in [7, 11) is 1.65. The van der Waals surface area contributed by atoms with Crippen molar-refractivity contribution in [1.82, 2.24) is 10.2 Å². The maximum absolute atomic E-state index is 13.0. The standard InChI is InChI=1S/C20H24N2O4S/c1-20(2,14-6-7-16-17(11-14)26-9-8-25-16)19(24)22(3)13-18(23)21-12-15-5-4-10-27-15/h4-7,10-11H,8-9,12-13H2,1-3H3,(H,21,23). The number of rotatable bonds is 6. The lowest BCUT2D eigenvalue weighted by molar-refractivity contribution is -0.138. The molecule has 1 N–H and O–H groups in total. The quantitative estimate of drug-likeness (QED) is 0.826. The number of benzene rings is 1. The average molecular weight is 388 g/mol. The van der Waals surface area contributed by atoms with E-state index in [0.29, 0.717) is 31.3 Å². The molecule has 2 aromatic rings. The molecule has 3 rings (SSSR count). The number of nitrogens with zero attached hydrogens (tertiary/aromatic N) is 1. The van der Waals surface area contributed by atoms with E-state index in [1.807, 2.05) is 49.6 Å². The van der Waals surface area contributed by atoms with Gasteiger partial charge in [-0.25, -0.2) is 0 Å². The number of hydrogen-bond donors (Lipinski definition) is 1. The van der Waals surface area contributed by atoms with Gasteiger partial charge in [-0.1, -0.05) is 12.1 Å². The number of fused-ring (bicyclic) bond motifs is 1. The molecular formula is C20H24N2O4S. The van der Waals surface area contributed by atoms with Gasteiger partial charge in [-0.3, -0.25) is 9.59 Å². The molecule has 0 aliphatic carbocycles. The van der Waals surface area contributed by atoms with E-state index in [0.717, 1.165) is 10.4 Å². The minimum Gasteiger partial charge on any atom is -0.486 e. The van der Waals surface area contributed by atoms with E-state index in [9.17, 15) is 9.59 Å². The summed E-state index contributed by atoms with van der Waals surface area (Å²) < 4.78 is 11.2. The Morgan fingerprint density at radius 1 is 1.19 bits per heavy atom. The third-order valence-corrected chi connectivity index (χ3v) is 5.44. The lowest BCUT2D eigenvalue weighted by Gasteiger charge is -2.30. The molecule has 2 amide bonds. The van der Waals surface area contributed by atoms with Gasteiger partial charge in [0.2, 0.25) is 11.8 Å². The Morgan fingerprint density at radius 2 is 1.93 bits per heavy atom. The molecule has 7 heteroatoms. The van der Waals surface area contributed by atoms with Crippen molar-refractivity contribution in [3.05, 3.63) is 46.2 Å². The molecule has 144 valence electrons. The lowest BCUT2D eigenvalue weighted by Crippen LogP contribution is -2.45. The SMILES string of the molecule is CN(CC(=O)NCc1cccs1)C(=O)C(C)(C)c1ccc2c(c1)OCCO2. The number of carbonyl (C=O) groups is 2. The highest BCUT2D eigenvalue weighted by atomic mass is 32.1. The fraction of sp³-hybridized carbons (Fsp3) is 0.400. The molecular weight excluding hydrogens is 364 g/mol. The molecule has 0 saturated carbocycles. The predicted octanol–water partition coefficient (Wildman–Crippen LogP) is 2.57. The lowest BCUT2D eigenvalue weighted by atomic mass is 9.83. The summed E-state index contributed by atoms with van der Waals surface area (Å²) in [5.74, 6) is 1.02. The smallest absolute Gasteiger partial charge is 0.239 e. The summed E-state index contributed by atoms with van der Waals surface area (Å²) >= 11 is 1.59. The van der Waals surface area contributed by atoms with Gasteiger partial charge >= 0.3 is 0 Å². The van der Waals surface area contributed by atoms with Crippen LogP contribution < -0.4 is 14.8 Å². The fourth-order valence-corrected chi connectivity index (χ4v) is 3.62. The third-order valence-electron chi connectivity index (χ3n) is 4.57. The first-order valence-corrected chi connectivity index (χ1v) is 9.70. The van der Waals surface area contributed by atoms with Crippen LogP contribution >= 0.6 is 11.3 Å². The molecule has 0 fully saturated rings. The number of amides is 2. The number of ether oxygens (including phenoxy) is 2. The Kier molecular flexibility index (Phi) is 5.70. The zero-order valence-corrected chi connectivity index (χ0v) is 16.6. The topological polar surface area (TPSA) is 67.9 Å². The van der Waals surface area contributed by atoms with E-state index >= 15 is 0 Å². The van der Waals surface area contributed by atoms with Gasteiger partial charge in [-0.2, -0.15) is 0 Å². The summed E-state index contributed by atoms with van der Waals surface area (Å²) in [5.41, 5.74) is 0.0288. The second-order valence-electron chi connectivity index (χ2n) is 7.00. The summed E-state index contributed by atoms with van der Waals surface area (Å²) in [5, 5.41) is 4.81. The molecule has 0 saturated heterocycles. The first-order chi connectivity index (χ1) is 12.9. The molecule has 0 unspecified atom stereocenters. The van der Waals surface area contributed by atoms with Crippen LogP contribution in [-0.2, 0) is 21.5 Å². The first kappa shape index (κ1) is 19.2. The summed E-state index contributed by atoms with van der Waals surface area (Å²) in [4.78, 5) is 27.7. The number of hydrogen-bond acceptors (Lipinski definition) is 5. The maximum atomic E-state index is 13.0. The van der Waals surface area contributed by atoms with E-state index in [-0.39, 0.29) is 18.4 Å². The molecule has 1 aromatic heterocycles. The molecule has 0 bridgehead atoms. The van der Waals surface area contributed by atoms with Crippen molar-refractivity contribution in [3.63, 3.8) is 0 Å². The van der Waals surface area contributed by atoms with Gasteiger partial charge in [0.15, 0.2) is 11.5 Å². The van der Waals surface area contributed by atoms with Gasteiger partial charge in [0.25, 0.3) is 0 Å². The van der Waals surface area contributed by atoms with Gasteiger partial charge in [-0.15, -0.1) is 11.3 Å². The van der Waals surface area contributed by atoms with Crippen LogP contribution in [0, 0.1) is 0 Å². The van der Waals surface area contributed by atoms with Crippen LogP contribution in [0.5, 0.6) is 11.5 Å². The van der Waals surface area contributed by atoms with Crippen LogP contribution in [0.4, 0.5) is 0 Å². The summed E-state index contributed by atoms with van der Waals surface area (Å²) in [6, 6.07) is 9.45. The second kappa shape index (κ2) is 8.00. The van der Waals surface area contributed by atoms with E-state index in [2.05, 4.69) is 5.32 Å². The number of nitrogens with one attached hydrogen (secondary N) is 1. The fourth-order valence-electron chi connectivity index (χ4n) is 2.97. The van der Waals surface area contributed by atoms with Gasteiger partial charge in [0, 0.05) is 11.9 Å². The van der Waals surface area contributed by atoms with Gasteiger partial charge in [0.05, 0.1) is 18.5 Å². The summed E-state index contributed by atoms with van der Waals surface area (Å²) in [6.07, 6.45) is 0. The highest BCUT2D eigenvalue weighted by molar-refractivity contribution is 7.09. The largest absolute Gasteiger partial charge is 0.486 e. The minimum atomic E-state index is -0.793. The average Bonchev–Trinajstić information content (AvgIpc) is 3.19. The van der Waals surface area contributed by atoms with Gasteiger partial charge in [-0.05, 0) is 43.0 Å². The molecule has 0 atom stereocenters. The molecule has 1 aliphatic heterocycles. The summed E-state index contributed by atoms with van der Waals surface area (Å²) in [6.45, 7) is 5.21. The van der Waals surface area contributed by atoms with E-state index in [4.69, 9.17) is 9.47 Å². The van der Waals surface area contributed by atoms with Crippen molar-refractivity contribution in [2.45, 2.75) is 25.8 Å². The van der Waals surface area contributed by atoms with Crippen molar-refractivity contribution < 1.29 is 19.1 Å². The van der Waals surface area contributed by atoms with Crippen molar-refractivity contribution in [1.29, 1.82) is 0 Å². The molecule has 1 aliphatic rings.